The van der Waals surface area contributed by atoms with Crippen LogP contribution in [0.4, 0.5) is 11.4 Å². The highest BCUT2D eigenvalue weighted by Crippen LogP contribution is 2.34. The molecule has 3 N–H and O–H groups in total. The normalized spacial score (nSPS) is 11.2. The quantitative estimate of drug-likeness (QED) is 0.386. The van der Waals surface area contributed by atoms with Crippen molar-refractivity contribution >= 4 is 21.5 Å². The van der Waals surface area contributed by atoms with Gasteiger partial charge in [-0.3, -0.25) is 14.7 Å². The topological polar surface area (TPSA) is 124 Å². The maximum absolute atomic E-state index is 11.4. The van der Waals surface area contributed by atoms with Gasteiger partial charge in [0, 0.05) is 17.3 Å². The van der Waals surface area contributed by atoms with Gasteiger partial charge < -0.3 is 5.73 Å². The van der Waals surface area contributed by atoms with Gasteiger partial charge in [0.25, 0.3) is 15.8 Å². The first kappa shape index (κ1) is 14.0. The second kappa shape index (κ2) is 4.91. The Bertz CT molecular complexity index is 786. The summed E-state index contributed by atoms with van der Waals surface area (Å²) >= 11 is 0. The number of nitro groups is 1. The second-order valence-electron chi connectivity index (χ2n) is 4.00. The largest absolute Gasteiger partial charge is 0.399 e. The molecular weight excluding hydrogens is 284 g/mol. The zero-order valence-corrected chi connectivity index (χ0v) is 10.9. The number of nitrogens with zero attached hydrogens (tertiary/aromatic N) is 1. The predicted octanol–water partition coefficient (Wildman–Crippen LogP) is 2.09. The van der Waals surface area contributed by atoms with Crippen LogP contribution in [-0.2, 0) is 10.1 Å². The monoisotopic (exact) mass is 294 g/mol. The van der Waals surface area contributed by atoms with E-state index in [0.29, 0.717) is 0 Å². The van der Waals surface area contributed by atoms with Crippen LogP contribution in [0.3, 0.4) is 0 Å². The van der Waals surface area contributed by atoms with Gasteiger partial charge >= 0.3 is 0 Å². The Kier molecular flexibility index (Phi) is 3.43. The fraction of sp³-hybridized carbons (Fsp3) is 0. The van der Waals surface area contributed by atoms with E-state index >= 15 is 0 Å². The number of hydrogen-bond acceptors (Lipinski definition) is 5. The second-order valence-corrected chi connectivity index (χ2v) is 5.39. The van der Waals surface area contributed by atoms with Crippen LogP contribution in [0.2, 0.25) is 0 Å². The van der Waals surface area contributed by atoms with Gasteiger partial charge in [-0.15, -0.1) is 0 Å². The molecule has 0 aliphatic rings. The lowest BCUT2D eigenvalue weighted by Gasteiger charge is -2.08. The minimum atomic E-state index is -4.55. The van der Waals surface area contributed by atoms with Gasteiger partial charge in [-0.1, -0.05) is 18.2 Å². The SMILES string of the molecule is Nc1ccc(-c2ccccc2[N+](=O)[O-])c(S(=O)(=O)O)c1. The summed E-state index contributed by atoms with van der Waals surface area (Å²) in [6.45, 7) is 0. The van der Waals surface area contributed by atoms with E-state index in [-0.39, 0.29) is 22.5 Å². The number of nitrogen functional groups attached to an aromatic ring is 1. The fourth-order valence-electron chi connectivity index (χ4n) is 1.84. The van der Waals surface area contributed by atoms with Crippen molar-refractivity contribution < 1.29 is 17.9 Å². The molecule has 0 saturated heterocycles. The van der Waals surface area contributed by atoms with Crippen LogP contribution in [-0.4, -0.2) is 17.9 Å². The van der Waals surface area contributed by atoms with Gasteiger partial charge in [-0.25, -0.2) is 0 Å². The number of nitro benzene ring substituents is 1. The summed E-state index contributed by atoms with van der Waals surface area (Å²) in [5.41, 5.74) is 5.46. The number of para-hydroxylation sites is 1. The Morgan fingerprint density at radius 3 is 2.35 bits per heavy atom. The molecule has 20 heavy (non-hydrogen) atoms. The summed E-state index contributed by atoms with van der Waals surface area (Å²) in [6.07, 6.45) is 0. The number of hydrogen-bond donors (Lipinski definition) is 2. The Morgan fingerprint density at radius 1 is 1.10 bits per heavy atom. The van der Waals surface area contributed by atoms with Gasteiger partial charge in [-0.2, -0.15) is 8.42 Å². The zero-order chi connectivity index (χ0) is 14.9. The third-order valence-electron chi connectivity index (χ3n) is 2.67. The van der Waals surface area contributed by atoms with Crippen molar-refractivity contribution in [2.75, 3.05) is 5.73 Å². The van der Waals surface area contributed by atoms with Gasteiger partial charge in [-0.05, 0) is 18.2 Å². The molecule has 0 heterocycles. The van der Waals surface area contributed by atoms with E-state index in [9.17, 15) is 23.1 Å². The maximum atomic E-state index is 11.4. The van der Waals surface area contributed by atoms with Crippen molar-refractivity contribution in [3.63, 3.8) is 0 Å². The van der Waals surface area contributed by atoms with Crippen LogP contribution in [0, 0.1) is 10.1 Å². The average Bonchev–Trinajstić information content (AvgIpc) is 2.37. The summed E-state index contributed by atoms with van der Waals surface area (Å²) in [7, 11) is -4.55. The van der Waals surface area contributed by atoms with Gasteiger partial charge in [0.2, 0.25) is 0 Å². The summed E-state index contributed by atoms with van der Waals surface area (Å²) in [5, 5.41) is 11.0. The van der Waals surface area contributed by atoms with Crippen LogP contribution in [0.5, 0.6) is 0 Å². The first-order valence-electron chi connectivity index (χ1n) is 5.41. The molecule has 0 spiro atoms. The highest BCUT2D eigenvalue weighted by molar-refractivity contribution is 7.86. The molecule has 2 rings (SSSR count). The Labute approximate surface area is 114 Å². The molecule has 0 atom stereocenters. The lowest BCUT2D eigenvalue weighted by molar-refractivity contribution is -0.384. The first-order valence-corrected chi connectivity index (χ1v) is 6.85. The van der Waals surface area contributed by atoms with Crippen LogP contribution < -0.4 is 5.73 Å². The van der Waals surface area contributed by atoms with E-state index < -0.39 is 19.9 Å². The van der Waals surface area contributed by atoms with E-state index in [2.05, 4.69) is 0 Å². The molecule has 0 amide bonds. The van der Waals surface area contributed by atoms with Crippen molar-refractivity contribution in [3.05, 3.63) is 52.6 Å². The summed E-state index contributed by atoms with van der Waals surface area (Å²) < 4.78 is 32.0. The third-order valence-corrected chi connectivity index (χ3v) is 3.57. The molecular formula is C12H10N2O5S. The van der Waals surface area contributed by atoms with Gasteiger partial charge in [0.1, 0.15) is 4.90 Å². The lowest BCUT2D eigenvalue weighted by atomic mass is 10.0. The van der Waals surface area contributed by atoms with Crippen molar-refractivity contribution in [1.82, 2.24) is 0 Å². The molecule has 2 aromatic carbocycles. The molecule has 0 saturated carbocycles. The molecule has 0 bridgehead atoms. The number of nitrogens with two attached hydrogens (primary N) is 1. The minimum absolute atomic E-state index is 0.0222. The summed E-state index contributed by atoms with van der Waals surface area (Å²) in [5.74, 6) is 0. The van der Waals surface area contributed by atoms with Gasteiger partial charge in [0.15, 0.2) is 0 Å². The fourth-order valence-corrected chi connectivity index (χ4v) is 2.58. The average molecular weight is 294 g/mol. The minimum Gasteiger partial charge on any atom is -0.399 e. The highest BCUT2D eigenvalue weighted by Gasteiger charge is 2.22. The zero-order valence-electron chi connectivity index (χ0n) is 10.1. The molecule has 0 radical (unpaired) electrons. The van der Waals surface area contributed by atoms with Crippen LogP contribution in [0.1, 0.15) is 0 Å². The van der Waals surface area contributed by atoms with E-state index in [1.165, 1.54) is 36.4 Å². The van der Waals surface area contributed by atoms with Crippen molar-refractivity contribution in [1.29, 1.82) is 0 Å². The Morgan fingerprint density at radius 2 is 1.75 bits per heavy atom. The van der Waals surface area contributed by atoms with E-state index in [4.69, 9.17) is 5.73 Å². The van der Waals surface area contributed by atoms with E-state index in [0.717, 1.165) is 6.07 Å². The molecule has 0 aliphatic heterocycles. The number of rotatable bonds is 3. The maximum Gasteiger partial charge on any atom is 0.295 e. The third kappa shape index (κ3) is 2.60. The Balaban J connectivity index is 2.81. The highest BCUT2D eigenvalue weighted by atomic mass is 32.2. The van der Waals surface area contributed by atoms with Gasteiger partial charge in [0.05, 0.1) is 10.5 Å². The van der Waals surface area contributed by atoms with Crippen LogP contribution >= 0.6 is 0 Å². The molecule has 2 aromatic rings. The van der Waals surface area contributed by atoms with E-state index in [1.807, 2.05) is 0 Å². The van der Waals surface area contributed by atoms with Crippen LogP contribution in [0.25, 0.3) is 11.1 Å². The van der Waals surface area contributed by atoms with Crippen molar-refractivity contribution in [3.8, 4) is 11.1 Å². The molecule has 0 aliphatic carbocycles. The smallest absolute Gasteiger partial charge is 0.295 e. The van der Waals surface area contributed by atoms with Crippen molar-refractivity contribution in [2.24, 2.45) is 0 Å². The summed E-state index contributed by atoms with van der Waals surface area (Å²) in [6, 6.07) is 9.43. The molecule has 104 valence electrons. The molecule has 8 heteroatoms. The molecule has 0 aromatic heterocycles. The number of anilines is 1. The van der Waals surface area contributed by atoms with E-state index in [1.54, 1.807) is 0 Å². The standard InChI is InChI=1S/C12H10N2O5S/c13-8-5-6-10(12(7-8)20(17,18)19)9-3-1-2-4-11(9)14(15)16/h1-7H,13H2,(H,17,18,19). The molecule has 7 nitrogen and oxygen atoms in total. The number of benzene rings is 2. The lowest BCUT2D eigenvalue weighted by Crippen LogP contribution is -2.03. The predicted molar refractivity (Wildman–Crippen MR) is 72.8 cm³/mol. The Hall–Kier alpha value is -2.45. The van der Waals surface area contributed by atoms with Crippen molar-refractivity contribution in [2.45, 2.75) is 4.90 Å². The summed E-state index contributed by atoms with van der Waals surface area (Å²) in [4.78, 5) is 9.90. The molecule has 0 unspecified atom stereocenters. The van der Waals surface area contributed by atoms with Crippen LogP contribution in [0.15, 0.2) is 47.4 Å². The first-order chi connectivity index (χ1) is 9.30. The molecule has 0 fully saturated rings.